The molecule has 0 heterocycles. The fourth-order valence-electron chi connectivity index (χ4n) is 3.16. The van der Waals surface area contributed by atoms with Crippen molar-refractivity contribution < 1.29 is 13.2 Å². The largest absolute Gasteiger partial charge is 0.416 e. The molecule has 0 spiro atoms. The van der Waals surface area contributed by atoms with Crippen LogP contribution in [0.4, 0.5) is 13.2 Å². The molecule has 106 valence electrons. The summed E-state index contributed by atoms with van der Waals surface area (Å²) in [6, 6.07) is 5.63. The first-order valence-electron chi connectivity index (χ1n) is 6.76. The van der Waals surface area contributed by atoms with Crippen LogP contribution in [-0.4, -0.2) is 13.6 Å². The van der Waals surface area contributed by atoms with Gasteiger partial charge in [0.15, 0.2) is 0 Å². The van der Waals surface area contributed by atoms with Gasteiger partial charge < -0.3 is 5.32 Å². The second-order valence-corrected chi connectivity index (χ2v) is 5.61. The van der Waals surface area contributed by atoms with Crippen LogP contribution in [0, 0.1) is 5.41 Å². The van der Waals surface area contributed by atoms with Crippen molar-refractivity contribution >= 4 is 0 Å². The fourth-order valence-corrected chi connectivity index (χ4v) is 3.16. The SMILES string of the molecule is CNCC1(Cc2ccc(C(F)(F)F)cc2)CCCC1. The molecule has 1 N–H and O–H groups in total. The Kier molecular flexibility index (Phi) is 4.19. The zero-order chi connectivity index (χ0) is 13.9. The maximum Gasteiger partial charge on any atom is 0.416 e. The monoisotopic (exact) mass is 271 g/mol. The molecule has 1 aliphatic rings. The number of rotatable bonds is 4. The van der Waals surface area contributed by atoms with Crippen LogP contribution in [0.25, 0.3) is 0 Å². The Morgan fingerprint density at radius 2 is 1.68 bits per heavy atom. The van der Waals surface area contributed by atoms with Gasteiger partial charge in [-0.2, -0.15) is 13.2 Å². The van der Waals surface area contributed by atoms with Crippen molar-refractivity contribution in [3.63, 3.8) is 0 Å². The van der Waals surface area contributed by atoms with Crippen LogP contribution in [0.1, 0.15) is 36.8 Å². The molecule has 0 aromatic heterocycles. The molecule has 0 saturated heterocycles. The quantitative estimate of drug-likeness (QED) is 0.872. The van der Waals surface area contributed by atoms with Crippen LogP contribution >= 0.6 is 0 Å². The number of hydrogen-bond donors (Lipinski definition) is 1. The van der Waals surface area contributed by atoms with Crippen LogP contribution < -0.4 is 5.32 Å². The third kappa shape index (κ3) is 3.50. The topological polar surface area (TPSA) is 12.0 Å². The van der Waals surface area contributed by atoms with Gasteiger partial charge in [0.25, 0.3) is 0 Å². The lowest BCUT2D eigenvalue weighted by Crippen LogP contribution is -2.32. The molecule has 1 saturated carbocycles. The molecule has 1 aromatic rings. The summed E-state index contributed by atoms with van der Waals surface area (Å²) in [5, 5.41) is 3.23. The van der Waals surface area contributed by atoms with Crippen molar-refractivity contribution in [3.8, 4) is 0 Å². The highest BCUT2D eigenvalue weighted by molar-refractivity contribution is 5.25. The molecule has 0 amide bonds. The Hall–Kier alpha value is -1.03. The molecule has 4 heteroatoms. The zero-order valence-electron chi connectivity index (χ0n) is 11.2. The molecule has 0 radical (unpaired) electrons. The summed E-state index contributed by atoms with van der Waals surface area (Å²) < 4.78 is 37.5. The van der Waals surface area contributed by atoms with Gasteiger partial charge in [-0.3, -0.25) is 0 Å². The van der Waals surface area contributed by atoms with E-state index >= 15 is 0 Å². The number of halogens is 3. The molecule has 1 nitrogen and oxygen atoms in total. The highest BCUT2D eigenvalue weighted by Gasteiger charge is 2.34. The molecule has 19 heavy (non-hydrogen) atoms. The molecule has 0 aliphatic heterocycles. The molecule has 1 fully saturated rings. The highest BCUT2D eigenvalue weighted by atomic mass is 19.4. The van der Waals surface area contributed by atoms with E-state index in [2.05, 4.69) is 5.32 Å². The molecular formula is C15H20F3N. The van der Waals surface area contributed by atoms with Crippen molar-refractivity contribution in [2.24, 2.45) is 5.41 Å². The summed E-state index contributed by atoms with van der Waals surface area (Å²) in [4.78, 5) is 0. The predicted molar refractivity (Wildman–Crippen MR) is 70.0 cm³/mol. The summed E-state index contributed by atoms with van der Waals surface area (Å²) in [6.45, 7) is 0.939. The number of benzene rings is 1. The summed E-state index contributed by atoms with van der Waals surface area (Å²) in [5.74, 6) is 0. The van der Waals surface area contributed by atoms with Gasteiger partial charge in [0.2, 0.25) is 0 Å². The average Bonchev–Trinajstić information content (AvgIpc) is 2.77. The standard InChI is InChI=1S/C15H20F3N/c1-19-11-14(8-2-3-9-14)10-12-4-6-13(7-5-12)15(16,17)18/h4-7,19H,2-3,8-11H2,1H3. The van der Waals surface area contributed by atoms with Crippen molar-refractivity contribution in [1.29, 1.82) is 0 Å². The second-order valence-electron chi connectivity index (χ2n) is 5.61. The van der Waals surface area contributed by atoms with Gasteiger partial charge in [-0.15, -0.1) is 0 Å². The molecule has 0 atom stereocenters. The minimum Gasteiger partial charge on any atom is -0.319 e. The fraction of sp³-hybridized carbons (Fsp3) is 0.600. The van der Waals surface area contributed by atoms with Gasteiger partial charge in [0.1, 0.15) is 0 Å². The van der Waals surface area contributed by atoms with Crippen LogP contribution in [0.3, 0.4) is 0 Å². The van der Waals surface area contributed by atoms with Gasteiger partial charge in [0.05, 0.1) is 5.56 Å². The molecule has 1 aliphatic carbocycles. The van der Waals surface area contributed by atoms with E-state index in [9.17, 15) is 13.2 Å². The lowest BCUT2D eigenvalue weighted by molar-refractivity contribution is -0.137. The summed E-state index contributed by atoms with van der Waals surface area (Å²) in [7, 11) is 1.94. The Morgan fingerprint density at radius 3 is 2.16 bits per heavy atom. The van der Waals surface area contributed by atoms with E-state index in [1.54, 1.807) is 12.1 Å². The number of hydrogen-bond acceptors (Lipinski definition) is 1. The summed E-state index contributed by atoms with van der Waals surface area (Å²) in [6.07, 6.45) is 1.40. The Labute approximate surface area is 112 Å². The normalized spacial score (nSPS) is 18.7. The van der Waals surface area contributed by atoms with E-state index in [0.29, 0.717) is 0 Å². The minimum absolute atomic E-state index is 0.231. The highest BCUT2D eigenvalue weighted by Crippen LogP contribution is 2.40. The lowest BCUT2D eigenvalue weighted by atomic mass is 9.80. The van der Waals surface area contributed by atoms with E-state index < -0.39 is 11.7 Å². The Morgan fingerprint density at radius 1 is 1.11 bits per heavy atom. The molecule has 0 bridgehead atoms. The first kappa shape index (κ1) is 14.4. The molecule has 0 unspecified atom stereocenters. The van der Waals surface area contributed by atoms with Crippen molar-refractivity contribution in [2.75, 3.05) is 13.6 Å². The predicted octanol–water partition coefficient (Wildman–Crippen LogP) is 4.03. The van der Waals surface area contributed by atoms with E-state index in [-0.39, 0.29) is 5.41 Å². The molecule has 1 aromatic carbocycles. The van der Waals surface area contributed by atoms with Crippen LogP contribution in [0.5, 0.6) is 0 Å². The van der Waals surface area contributed by atoms with Gasteiger partial charge in [0, 0.05) is 6.54 Å². The second kappa shape index (κ2) is 5.53. The Bertz CT molecular complexity index is 402. The van der Waals surface area contributed by atoms with Gasteiger partial charge in [-0.25, -0.2) is 0 Å². The summed E-state index contributed by atoms with van der Waals surface area (Å²) >= 11 is 0. The number of alkyl halides is 3. The van der Waals surface area contributed by atoms with Crippen molar-refractivity contribution in [2.45, 2.75) is 38.3 Å². The first-order chi connectivity index (χ1) is 8.95. The van der Waals surface area contributed by atoms with Crippen LogP contribution in [-0.2, 0) is 12.6 Å². The Balaban J connectivity index is 2.10. The maximum absolute atomic E-state index is 12.5. The van der Waals surface area contributed by atoms with E-state index in [4.69, 9.17) is 0 Å². The maximum atomic E-state index is 12.5. The average molecular weight is 271 g/mol. The lowest BCUT2D eigenvalue weighted by Gasteiger charge is -2.29. The van der Waals surface area contributed by atoms with Crippen LogP contribution in [0.15, 0.2) is 24.3 Å². The molecule has 2 rings (SSSR count). The third-order valence-corrected chi connectivity index (χ3v) is 4.08. The zero-order valence-corrected chi connectivity index (χ0v) is 11.2. The minimum atomic E-state index is -4.24. The van der Waals surface area contributed by atoms with Crippen molar-refractivity contribution in [1.82, 2.24) is 5.32 Å². The van der Waals surface area contributed by atoms with Crippen LogP contribution in [0.2, 0.25) is 0 Å². The van der Waals surface area contributed by atoms with E-state index in [0.717, 1.165) is 31.4 Å². The smallest absolute Gasteiger partial charge is 0.319 e. The summed E-state index contributed by atoms with van der Waals surface area (Å²) in [5.41, 5.74) is 0.671. The van der Waals surface area contributed by atoms with E-state index in [1.807, 2.05) is 7.05 Å². The first-order valence-corrected chi connectivity index (χ1v) is 6.76. The van der Waals surface area contributed by atoms with Gasteiger partial charge in [-0.05, 0) is 49.4 Å². The number of nitrogens with one attached hydrogen (secondary N) is 1. The molecular weight excluding hydrogens is 251 g/mol. The van der Waals surface area contributed by atoms with E-state index in [1.165, 1.54) is 25.0 Å². The van der Waals surface area contributed by atoms with Crippen molar-refractivity contribution in [3.05, 3.63) is 35.4 Å². The van der Waals surface area contributed by atoms with Gasteiger partial charge in [-0.1, -0.05) is 25.0 Å². The third-order valence-electron chi connectivity index (χ3n) is 4.08. The van der Waals surface area contributed by atoms with Gasteiger partial charge >= 0.3 is 6.18 Å².